The van der Waals surface area contributed by atoms with E-state index in [1.165, 1.54) is 0 Å². The van der Waals surface area contributed by atoms with Crippen LogP contribution in [0.4, 0.5) is 0 Å². The first-order valence-corrected chi connectivity index (χ1v) is 11.8. The molecular formula is C24H26N2O4P2. The number of aromatic nitrogens is 2. The monoisotopic (exact) mass is 468 g/mol. The van der Waals surface area contributed by atoms with E-state index in [9.17, 15) is 0 Å². The lowest BCUT2D eigenvalue weighted by molar-refractivity contribution is 0.396. The van der Waals surface area contributed by atoms with Gasteiger partial charge in [0.1, 0.15) is 0 Å². The second kappa shape index (κ2) is 10.1. The van der Waals surface area contributed by atoms with E-state index in [4.69, 9.17) is 18.5 Å². The minimum atomic E-state index is 0.0803. The molecular weight excluding hydrogens is 442 g/mol. The van der Waals surface area contributed by atoms with Gasteiger partial charge >= 0.3 is 0 Å². The summed E-state index contributed by atoms with van der Waals surface area (Å²) < 4.78 is 28.0. The zero-order chi connectivity index (χ0) is 22.5. The molecule has 6 nitrogen and oxygen atoms in total. The summed E-state index contributed by atoms with van der Waals surface area (Å²) in [5.41, 5.74) is 3.92. The topological polar surface area (TPSA) is 46.8 Å². The van der Waals surface area contributed by atoms with Gasteiger partial charge in [0, 0.05) is 35.9 Å². The number of rotatable bonds is 9. The smallest absolute Gasteiger partial charge is 0.181 e. The molecule has 0 fully saturated rings. The molecule has 2 unspecified atom stereocenters. The van der Waals surface area contributed by atoms with Crippen LogP contribution in [0.2, 0.25) is 0 Å². The summed E-state index contributed by atoms with van der Waals surface area (Å²) in [6.07, 6.45) is 7.89. The number of benzene rings is 2. The van der Waals surface area contributed by atoms with Gasteiger partial charge in [-0.05, 0) is 73.5 Å². The molecule has 0 amide bonds. The van der Waals surface area contributed by atoms with Crippen molar-refractivity contribution in [2.24, 2.45) is 0 Å². The SMILES string of the molecule is COc1cc(C)cc(-c2cc(C)cc(OC)c2OPn2cccc2)c1OPn1cccc1. The van der Waals surface area contributed by atoms with Gasteiger partial charge in [-0.3, -0.25) is 0 Å². The molecule has 2 atom stereocenters. The molecule has 2 heterocycles. The highest BCUT2D eigenvalue weighted by Crippen LogP contribution is 2.49. The molecule has 0 saturated heterocycles. The Hall–Kier alpha value is -2.94. The van der Waals surface area contributed by atoms with Crippen LogP contribution in [0.5, 0.6) is 23.0 Å². The third-order valence-corrected chi connectivity index (χ3v) is 6.45. The summed E-state index contributed by atoms with van der Waals surface area (Å²) in [6.45, 7) is 4.08. The Labute approximate surface area is 191 Å². The third kappa shape index (κ3) is 4.93. The van der Waals surface area contributed by atoms with Crippen molar-refractivity contribution in [3.8, 4) is 34.1 Å². The lowest BCUT2D eigenvalue weighted by Gasteiger charge is -2.20. The van der Waals surface area contributed by atoms with Gasteiger partial charge in [0.25, 0.3) is 0 Å². The van der Waals surface area contributed by atoms with Gasteiger partial charge in [0.2, 0.25) is 0 Å². The molecule has 0 aliphatic heterocycles. The van der Waals surface area contributed by atoms with E-state index in [0.29, 0.717) is 23.0 Å². The van der Waals surface area contributed by atoms with Crippen molar-refractivity contribution in [2.45, 2.75) is 13.8 Å². The Morgan fingerprint density at radius 3 is 1.31 bits per heavy atom. The largest absolute Gasteiger partial charge is 0.493 e. The number of hydrogen-bond donors (Lipinski definition) is 0. The van der Waals surface area contributed by atoms with Gasteiger partial charge in [-0.25, -0.2) is 0 Å². The standard InChI is InChI=1S/C24H26N2O4P2/c1-17-13-19(23(21(15-17)27-3)29-31-25-9-5-6-10-25)20-14-18(2)16-22(28-4)24(20)30-32-26-11-7-8-12-26/h5-16,31-32H,1-4H3. The van der Waals surface area contributed by atoms with Gasteiger partial charge in [0.05, 0.1) is 14.2 Å². The van der Waals surface area contributed by atoms with Crippen LogP contribution >= 0.6 is 17.9 Å². The maximum absolute atomic E-state index is 6.30. The highest BCUT2D eigenvalue weighted by Gasteiger charge is 2.21. The van der Waals surface area contributed by atoms with Crippen LogP contribution in [0.3, 0.4) is 0 Å². The van der Waals surface area contributed by atoms with E-state index in [0.717, 1.165) is 22.3 Å². The fourth-order valence-electron chi connectivity index (χ4n) is 3.38. The first-order valence-electron chi connectivity index (χ1n) is 10.1. The summed E-state index contributed by atoms with van der Waals surface area (Å²) in [5.74, 6) is 2.71. The number of methoxy groups -OCH3 is 2. The maximum Gasteiger partial charge on any atom is 0.181 e. The molecule has 4 aromatic rings. The van der Waals surface area contributed by atoms with Gasteiger partial charge < -0.3 is 27.2 Å². The van der Waals surface area contributed by atoms with Crippen molar-refractivity contribution in [1.29, 1.82) is 0 Å². The molecule has 0 N–H and O–H groups in total. The number of ether oxygens (including phenoxy) is 2. The fraction of sp³-hybridized carbons (Fsp3) is 0.167. The molecule has 2 aromatic carbocycles. The van der Waals surface area contributed by atoms with Crippen molar-refractivity contribution in [3.63, 3.8) is 0 Å². The van der Waals surface area contributed by atoms with E-state index >= 15 is 0 Å². The summed E-state index contributed by atoms with van der Waals surface area (Å²) >= 11 is 0. The molecule has 8 heteroatoms. The minimum absolute atomic E-state index is 0.0803. The van der Waals surface area contributed by atoms with E-state index < -0.39 is 0 Å². The number of hydrogen-bond acceptors (Lipinski definition) is 4. The van der Waals surface area contributed by atoms with Gasteiger partial charge in [-0.1, -0.05) is 0 Å². The summed E-state index contributed by atoms with van der Waals surface area (Å²) in [6, 6.07) is 16.1. The van der Waals surface area contributed by atoms with Gasteiger partial charge in [-0.15, -0.1) is 0 Å². The van der Waals surface area contributed by atoms with Crippen LogP contribution in [0.15, 0.2) is 73.3 Å². The van der Waals surface area contributed by atoms with Crippen LogP contribution in [-0.2, 0) is 0 Å². The normalized spacial score (nSPS) is 11.5. The molecule has 0 saturated carbocycles. The van der Waals surface area contributed by atoms with E-state index in [1.54, 1.807) is 14.2 Å². The van der Waals surface area contributed by atoms with Gasteiger partial charge in [0.15, 0.2) is 40.9 Å². The zero-order valence-corrected chi connectivity index (χ0v) is 20.5. The van der Waals surface area contributed by atoms with Crippen LogP contribution in [0.1, 0.15) is 11.1 Å². The van der Waals surface area contributed by atoms with Crippen LogP contribution in [0.25, 0.3) is 11.1 Å². The van der Waals surface area contributed by atoms with Crippen LogP contribution in [-0.4, -0.2) is 22.9 Å². The van der Waals surface area contributed by atoms with Crippen LogP contribution in [0, 0.1) is 13.8 Å². The van der Waals surface area contributed by atoms with Crippen molar-refractivity contribution in [1.82, 2.24) is 8.68 Å². The Balaban J connectivity index is 1.82. The first-order chi connectivity index (χ1) is 15.6. The van der Waals surface area contributed by atoms with Crippen LogP contribution < -0.4 is 18.5 Å². The molecule has 2 aromatic heterocycles. The summed E-state index contributed by atoms with van der Waals surface area (Å²) in [7, 11) is 3.48. The number of nitrogens with zero attached hydrogens (tertiary/aromatic N) is 2. The molecule has 166 valence electrons. The van der Waals surface area contributed by atoms with Crippen molar-refractivity contribution in [3.05, 3.63) is 84.4 Å². The predicted molar refractivity (Wildman–Crippen MR) is 132 cm³/mol. The Morgan fingerprint density at radius 1 is 0.594 bits per heavy atom. The van der Waals surface area contributed by atoms with Gasteiger partial charge in [-0.2, -0.15) is 0 Å². The maximum atomic E-state index is 6.30. The summed E-state index contributed by atoms with van der Waals surface area (Å²) in [4.78, 5) is 0. The Bertz CT molecular complexity index is 1080. The van der Waals surface area contributed by atoms with Crippen molar-refractivity contribution >= 4 is 17.9 Å². The average Bonchev–Trinajstić information content (AvgIpc) is 3.50. The lowest BCUT2D eigenvalue weighted by Crippen LogP contribution is -1.98. The quantitative estimate of drug-likeness (QED) is 0.265. The molecule has 0 aliphatic rings. The zero-order valence-electron chi connectivity index (χ0n) is 18.5. The second-order valence-electron chi connectivity index (χ2n) is 7.26. The van der Waals surface area contributed by atoms with E-state index in [2.05, 4.69) is 12.1 Å². The lowest BCUT2D eigenvalue weighted by atomic mass is 9.98. The first kappa shape index (κ1) is 22.3. The summed E-state index contributed by atoms with van der Waals surface area (Å²) in [5, 5.41) is 0. The van der Waals surface area contributed by atoms with E-state index in [1.807, 2.05) is 83.7 Å². The second-order valence-corrected chi connectivity index (χ2v) is 9.06. The third-order valence-electron chi connectivity index (χ3n) is 4.84. The average molecular weight is 468 g/mol. The fourth-order valence-corrected chi connectivity index (χ4v) is 4.78. The van der Waals surface area contributed by atoms with E-state index in [-0.39, 0.29) is 17.9 Å². The Kier molecular flexibility index (Phi) is 7.04. The van der Waals surface area contributed by atoms with Crippen molar-refractivity contribution < 1.29 is 18.5 Å². The Morgan fingerprint density at radius 2 is 0.969 bits per heavy atom. The molecule has 0 spiro atoms. The highest BCUT2D eigenvalue weighted by molar-refractivity contribution is 7.31. The van der Waals surface area contributed by atoms with Crippen molar-refractivity contribution in [2.75, 3.05) is 14.2 Å². The highest BCUT2D eigenvalue weighted by atomic mass is 31.1. The predicted octanol–water partition coefficient (Wildman–Crippen LogP) is 6.46. The molecule has 4 rings (SSSR count). The minimum Gasteiger partial charge on any atom is -0.493 e. The molecule has 0 bridgehead atoms. The molecule has 0 aliphatic carbocycles. The molecule has 0 radical (unpaired) electrons. The molecule has 32 heavy (non-hydrogen) atoms. The number of aryl methyl sites for hydroxylation is 2.